The topological polar surface area (TPSA) is 82.8 Å². The first-order chi connectivity index (χ1) is 13.0. The van der Waals surface area contributed by atoms with Gasteiger partial charge in [0, 0.05) is 35.9 Å². The fraction of sp³-hybridized carbons (Fsp3) is 0.579. The van der Waals surface area contributed by atoms with Gasteiger partial charge < -0.3 is 16.4 Å². The fourth-order valence-corrected chi connectivity index (χ4v) is 4.01. The summed E-state index contributed by atoms with van der Waals surface area (Å²) in [5, 5.41) is 7.88. The molecule has 2 rings (SSSR count). The van der Waals surface area contributed by atoms with Gasteiger partial charge in [-0.05, 0) is 43.7 Å². The Morgan fingerprint density at radius 2 is 2.14 bits per heavy atom. The molecule has 9 heteroatoms. The van der Waals surface area contributed by atoms with E-state index in [4.69, 9.17) is 22.3 Å². The summed E-state index contributed by atoms with van der Waals surface area (Å²) < 4.78 is 0. The number of nitrogens with one attached hydrogen (secondary N) is 2. The zero-order chi connectivity index (χ0) is 19.6. The zero-order valence-corrected chi connectivity index (χ0v) is 20.4. The molecule has 1 saturated heterocycles. The van der Waals surface area contributed by atoms with E-state index in [1.165, 1.54) is 5.56 Å². The third-order valence-electron chi connectivity index (χ3n) is 4.57. The van der Waals surface area contributed by atoms with E-state index in [1.54, 1.807) is 11.8 Å². The number of piperidine rings is 1. The summed E-state index contributed by atoms with van der Waals surface area (Å²) in [7, 11) is 0. The van der Waals surface area contributed by atoms with Crippen LogP contribution in [0, 0.1) is 0 Å². The van der Waals surface area contributed by atoms with Crippen molar-refractivity contribution in [2.45, 2.75) is 31.1 Å². The van der Waals surface area contributed by atoms with Crippen molar-refractivity contribution >= 4 is 59.2 Å². The Balaban J connectivity index is 0.00000392. The molecule has 28 heavy (non-hydrogen) atoms. The van der Waals surface area contributed by atoms with Crippen LogP contribution >= 0.6 is 47.3 Å². The standard InChI is InChI=1S/C19H30ClN5OS.HI/c1-3-22-19(24-16-7-9-25(10-8-16)13-18(21)26)23-12-17(27-2)14-5-4-6-15(20)11-14;/h4-6,11,16-17H,3,7-10,12-13H2,1-2H3,(H2,21,26)(H2,22,23,24);1H. The van der Waals surface area contributed by atoms with E-state index < -0.39 is 0 Å². The molecule has 6 nitrogen and oxygen atoms in total. The minimum atomic E-state index is -0.263. The Morgan fingerprint density at radius 1 is 1.43 bits per heavy atom. The third-order valence-corrected chi connectivity index (χ3v) is 5.80. The van der Waals surface area contributed by atoms with Crippen LogP contribution in [0.5, 0.6) is 0 Å². The van der Waals surface area contributed by atoms with Gasteiger partial charge in [0.1, 0.15) is 0 Å². The second kappa shape index (κ2) is 13.5. The molecule has 0 aliphatic carbocycles. The summed E-state index contributed by atoms with van der Waals surface area (Å²) in [6, 6.07) is 8.33. The average molecular weight is 540 g/mol. The molecule has 1 aliphatic heterocycles. The molecule has 1 aromatic rings. The summed E-state index contributed by atoms with van der Waals surface area (Å²) in [4.78, 5) is 18.0. The quantitative estimate of drug-likeness (QED) is 0.269. The van der Waals surface area contributed by atoms with Gasteiger partial charge in [-0.15, -0.1) is 24.0 Å². The van der Waals surface area contributed by atoms with E-state index in [2.05, 4.69) is 34.8 Å². The number of halogens is 2. The number of aliphatic imine (C=N–C) groups is 1. The molecule has 0 radical (unpaired) electrons. The number of carbonyl (C=O) groups is 1. The molecule has 1 heterocycles. The maximum atomic E-state index is 11.1. The number of rotatable bonds is 8. The van der Waals surface area contributed by atoms with Crippen LogP contribution in [0.1, 0.15) is 30.6 Å². The Labute approximate surface area is 194 Å². The van der Waals surface area contributed by atoms with Crippen molar-refractivity contribution < 1.29 is 4.79 Å². The van der Waals surface area contributed by atoms with Crippen LogP contribution in [0.4, 0.5) is 0 Å². The van der Waals surface area contributed by atoms with Crippen LogP contribution in [-0.4, -0.2) is 61.8 Å². The molecular weight excluding hydrogens is 509 g/mol. The molecule has 1 amide bonds. The smallest absolute Gasteiger partial charge is 0.231 e. The molecular formula is C19H31ClIN5OS. The molecule has 0 bridgehead atoms. The predicted molar refractivity (Wildman–Crippen MR) is 131 cm³/mol. The molecule has 1 fully saturated rings. The van der Waals surface area contributed by atoms with Gasteiger partial charge in [-0.25, -0.2) is 0 Å². The third kappa shape index (κ3) is 8.75. The largest absolute Gasteiger partial charge is 0.369 e. The van der Waals surface area contributed by atoms with Crippen molar-refractivity contribution in [2.24, 2.45) is 10.7 Å². The second-order valence-electron chi connectivity index (χ2n) is 6.66. The van der Waals surface area contributed by atoms with Crippen LogP contribution in [0.3, 0.4) is 0 Å². The monoisotopic (exact) mass is 539 g/mol. The average Bonchev–Trinajstić information content (AvgIpc) is 2.63. The number of thioether (sulfide) groups is 1. The van der Waals surface area contributed by atoms with Gasteiger partial charge in [-0.3, -0.25) is 14.7 Å². The summed E-state index contributed by atoms with van der Waals surface area (Å²) in [5.41, 5.74) is 6.47. The highest BCUT2D eigenvalue weighted by molar-refractivity contribution is 14.0. The maximum absolute atomic E-state index is 11.1. The molecule has 1 unspecified atom stereocenters. The van der Waals surface area contributed by atoms with Crippen molar-refractivity contribution in [3.63, 3.8) is 0 Å². The number of primary amides is 1. The van der Waals surface area contributed by atoms with E-state index in [1.807, 2.05) is 18.2 Å². The molecule has 0 aromatic heterocycles. The minimum Gasteiger partial charge on any atom is -0.369 e. The van der Waals surface area contributed by atoms with Crippen LogP contribution in [0.25, 0.3) is 0 Å². The Hall–Kier alpha value is -0.710. The number of guanidine groups is 1. The highest BCUT2D eigenvalue weighted by Crippen LogP contribution is 2.28. The predicted octanol–water partition coefficient (Wildman–Crippen LogP) is 2.87. The van der Waals surface area contributed by atoms with Crippen molar-refractivity contribution in [3.05, 3.63) is 34.9 Å². The number of nitrogens with zero attached hydrogens (tertiary/aromatic N) is 2. The number of amides is 1. The Kier molecular flexibility index (Phi) is 12.2. The minimum absolute atomic E-state index is 0. The van der Waals surface area contributed by atoms with E-state index >= 15 is 0 Å². The lowest BCUT2D eigenvalue weighted by molar-refractivity contribution is -0.119. The summed E-state index contributed by atoms with van der Waals surface area (Å²) in [5.74, 6) is 0.576. The normalized spacial score (nSPS) is 16.9. The Morgan fingerprint density at radius 3 is 2.71 bits per heavy atom. The number of nitrogens with two attached hydrogens (primary N) is 1. The van der Waals surface area contributed by atoms with E-state index in [0.717, 1.165) is 43.5 Å². The van der Waals surface area contributed by atoms with Crippen LogP contribution in [-0.2, 0) is 4.79 Å². The number of benzene rings is 1. The summed E-state index contributed by atoms with van der Waals surface area (Å²) in [6.45, 7) is 5.64. The first-order valence-electron chi connectivity index (χ1n) is 9.35. The van der Waals surface area contributed by atoms with Crippen molar-refractivity contribution in [3.8, 4) is 0 Å². The lowest BCUT2D eigenvalue weighted by Crippen LogP contribution is -2.49. The van der Waals surface area contributed by atoms with Crippen molar-refractivity contribution in [1.82, 2.24) is 15.5 Å². The van der Waals surface area contributed by atoms with E-state index in [0.29, 0.717) is 19.1 Å². The maximum Gasteiger partial charge on any atom is 0.231 e. The first-order valence-corrected chi connectivity index (χ1v) is 11.0. The van der Waals surface area contributed by atoms with E-state index in [-0.39, 0.29) is 35.1 Å². The van der Waals surface area contributed by atoms with E-state index in [9.17, 15) is 4.79 Å². The van der Waals surface area contributed by atoms with Crippen LogP contribution in [0.15, 0.2) is 29.3 Å². The van der Waals surface area contributed by atoms with Crippen LogP contribution < -0.4 is 16.4 Å². The van der Waals surface area contributed by atoms with Gasteiger partial charge in [0.2, 0.25) is 5.91 Å². The molecule has 0 saturated carbocycles. The number of likely N-dealkylation sites (tertiary alicyclic amines) is 1. The molecule has 1 aliphatic rings. The van der Waals surface area contributed by atoms with Gasteiger partial charge in [-0.1, -0.05) is 23.7 Å². The summed E-state index contributed by atoms with van der Waals surface area (Å²) in [6.07, 6.45) is 4.03. The van der Waals surface area contributed by atoms with Crippen molar-refractivity contribution in [1.29, 1.82) is 0 Å². The highest BCUT2D eigenvalue weighted by atomic mass is 127. The van der Waals surface area contributed by atoms with Crippen LogP contribution in [0.2, 0.25) is 5.02 Å². The summed E-state index contributed by atoms with van der Waals surface area (Å²) >= 11 is 7.90. The fourth-order valence-electron chi connectivity index (χ4n) is 3.17. The highest BCUT2D eigenvalue weighted by Gasteiger charge is 2.21. The van der Waals surface area contributed by atoms with Gasteiger partial charge in [0.25, 0.3) is 0 Å². The molecule has 158 valence electrons. The van der Waals surface area contributed by atoms with Gasteiger partial charge in [0.05, 0.1) is 13.1 Å². The molecule has 0 spiro atoms. The first kappa shape index (κ1) is 25.3. The number of carbonyl (C=O) groups excluding carboxylic acids is 1. The number of hydrogen-bond acceptors (Lipinski definition) is 4. The number of hydrogen-bond donors (Lipinski definition) is 3. The molecule has 1 atom stereocenters. The lowest BCUT2D eigenvalue weighted by Gasteiger charge is -2.32. The van der Waals surface area contributed by atoms with Crippen molar-refractivity contribution in [2.75, 3.05) is 39.0 Å². The van der Waals surface area contributed by atoms with Gasteiger partial charge in [0.15, 0.2) is 5.96 Å². The molecule has 4 N–H and O–H groups in total. The molecule has 1 aromatic carbocycles. The van der Waals surface area contributed by atoms with Gasteiger partial charge in [-0.2, -0.15) is 11.8 Å². The zero-order valence-electron chi connectivity index (χ0n) is 16.5. The second-order valence-corrected chi connectivity index (χ2v) is 8.14. The Bertz CT molecular complexity index is 641. The SMILES string of the molecule is CCNC(=NCC(SC)c1cccc(Cl)c1)NC1CCN(CC(N)=O)CC1.I. The lowest BCUT2D eigenvalue weighted by atomic mass is 10.1. The van der Waals surface area contributed by atoms with Gasteiger partial charge >= 0.3 is 0 Å².